The molecule has 0 saturated carbocycles. The largest absolute Gasteiger partial charge is 0.490 e. The fourth-order valence-electron chi connectivity index (χ4n) is 0.682. The van der Waals surface area contributed by atoms with Crippen LogP contribution in [0.3, 0.4) is 0 Å². The summed E-state index contributed by atoms with van der Waals surface area (Å²) >= 11 is 0. The van der Waals surface area contributed by atoms with Gasteiger partial charge >= 0.3 is 6.01 Å². The molecule has 6 heteroatoms. The summed E-state index contributed by atoms with van der Waals surface area (Å²) in [7, 11) is 2.60. The van der Waals surface area contributed by atoms with E-state index in [2.05, 4.69) is 19.4 Å². The molecule has 0 aliphatic heterocycles. The van der Waals surface area contributed by atoms with Crippen LogP contribution in [0, 0.1) is 0 Å². The van der Waals surface area contributed by atoms with Gasteiger partial charge in [0.25, 0.3) is 11.8 Å². The van der Waals surface area contributed by atoms with E-state index in [-0.39, 0.29) is 11.8 Å². The van der Waals surface area contributed by atoms with Crippen LogP contribution in [0.2, 0.25) is 0 Å². The van der Waals surface area contributed by atoms with Gasteiger partial charge in [-0.15, -0.1) is 0 Å². The van der Waals surface area contributed by atoms with Gasteiger partial charge < -0.3 is 19.7 Å². The van der Waals surface area contributed by atoms with E-state index in [0.29, 0.717) is 0 Å². The molecule has 0 fully saturated rings. The topological polar surface area (TPSA) is 84.7 Å². The Labute approximate surface area is 68.4 Å². The second-order valence-electron chi connectivity index (χ2n) is 1.89. The summed E-state index contributed by atoms with van der Waals surface area (Å²) in [4.78, 5) is 6.92. The third-order valence-corrected chi connectivity index (χ3v) is 1.20. The molecule has 12 heavy (non-hydrogen) atoms. The zero-order valence-electron chi connectivity index (χ0n) is 6.61. The number of ether oxygens (including phenoxy) is 2. The Morgan fingerprint density at radius 2 is 1.50 bits per heavy atom. The molecule has 1 aromatic heterocycles. The molecule has 0 unspecified atom stereocenters. The first-order valence-electron chi connectivity index (χ1n) is 3.07. The lowest BCUT2D eigenvalue weighted by Crippen LogP contribution is -1.94. The fourth-order valence-corrected chi connectivity index (χ4v) is 0.682. The van der Waals surface area contributed by atoms with Gasteiger partial charge in [-0.3, -0.25) is 0 Å². The average Bonchev–Trinajstić information content (AvgIpc) is 2.03. The van der Waals surface area contributed by atoms with Crippen LogP contribution in [0.4, 0.5) is 0 Å². The van der Waals surface area contributed by atoms with Crippen LogP contribution < -0.4 is 9.47 Å². The summed E-state index contributed by atoms with van der Waals surface area (Å²) in [5.41, 5.74) is 0. The number of rotatable bonds is 2. The van der Waals surface area contributed by atoms with Crippen LogP contribution in [0.5, 0.6) is 23.5 Å². The summed E-state index contributed by atoms with van der Waals surface area (Å²) in [6, 6.07) is -0.120. The van der Waals surface area contributed by atoms with E-state index in [1.54, 1.807) is 0 Å². The van der Waals surface area contributed by atoms with Gasteiger partial charge in [0.15, 0.2) is 0 Å². The lowest BCUT2D eigenvalue weighted by molar-refractivity contribution is 0.304. The summed E-state index contributed by atoms with van der Waals surface area (Å²) in [5.74, 6) is -1.08. The molecule has 2 N–H and O–H groups in total. The molecule has 1 rings (SSSR count). The Balaban J connectivity index is 3.18. The molecule has 0 spiro atoms. The van der Waals surface area contributed by atoms with Gasteiger partial charge in [0.2, 0.25) is 5.75 Å². The number of hydrogen-bond acceptors (Lipinski definition) is 6. The van der Waals surface area contributed by atoms with Gasteiger partial charge in [0, 0.05) is 0 Å². The first-order chi connectivity index (χ1) is 5.69. The number of methoxy groups -OCH3 is 2. The molecule has 1 aromatic rings. The highest BCUT2D eigenvalue weighted by Gasteiger charge is 2.13. The Morgan fingerprint density at radius 3 is 1.83 bits per heavy atom. The molecule has 0 radical (unpaired) electrons. The highest BCUT2D eigenvalue weighted by atomic mass is 16.5. The van der Waals surface area contributed by atoms with Crippen LogP contribution >= 0.6 is 0 Å². The Hall–Kier alpha value is -1.72. The van der Waals surface area contributed by atoms with Crippen LogP contribution in [0.15, 0.2) is 0 Å². The molecular weight excluding hydrogens is 164 g/mol. The van der Waals surface area contributed by atoms with Gasteiger partial charge in [0.1, 0.15) is 0 Å². The van der Waals surface area contributed by atoms with Crippen molar-refractivity contribution in [2.45, 2.75) is 0 Å². The molecule has 6 nitrogen and oxygen atoms in total. The van der Waals surface area contributed by atoms with Gasteiger partial charge in [-0.25, -0.2) is 0 Å². The van der Waals surface area contributed by atoms with E-state index in [4.69, 9.17) is 10.2 Å². The summed E-state index contributed by atoms with van der Waals surface area (Å²) in [6.45, 7) is 0. The smallest absolute Gasteiger partial charge is 0.323 e. The van der Waals surface area contributed by atoms with Crippen molar-refractivity contribution >= 4 is 0 Å². The van der Waals surface area contributed by atoms with E-state index in [0.717, 1.165) is 0 Å². The standard InChI is InChI=1S/C6H8N2O4/c1-11-3-4(9)7-6(12-2)8-5(3)10/h1-2H3,(H2,7,8,9,10). The highest BCUT2D eigenvalue weighted by molar-refractivity contribution is 5.41. The Kier molecular flexibility index (Phi) is 2.18. The predicted octanol–water partition coefficient (Wildman–Crippen LogP) is -0.0950. The van der Waals surface area contributed by atoms with Crippen molar-refractivity contribution in [3.63, 3.8) is 0 Å². The number of hydrogen-bond donors (Lipinski definition) is 2. The third-order valence-electron chi connectivity index (χ3n) is 1.20. The molecule has 0 amide bonds. The van der Waals surface area contributed by atoms with Crippen molar-refractivity contribution in [2.24, 2.45) is 0 Å². The van der Waals surface area contributed by atoms with Crippen molar-refractivity contribution in [3.8, 4) is 23.5 Å². The SMILES string of the molecule is COc1nc(O)c(OC)c(O)n1. The first kappa shape index (κ1) is 8.38. The quantitative estimate of drug-likeness (QED) is 0.648. The van der Waals surface area contributed by atoms with E-state index >= 15 is 0 Å². The lowest BCUT2D eigenvalue weighted by Gasteiger charge is -2.04. The van der Waals surface area contributed by atoms with Crippen molar-refractivity contribution in [1.29, 1.82) is 0 Å². The monoisotopic (exact) mass is 172 g/mol. The van der Waals surface area contributed by atoms with Gasteiger partial charge in [-0.1, -0.05) is 0 Å². The maximum atomic E-state index is 9.09. The normalized spacial score (nSPS) is 9.50. The summed E-state index contributed by atoms with van der Waals surface area (Å²) in [5, 5.41) is 18.2. The molecule has 0 aromatic carbocycles. The average molecular weight is 172 g/mol. The van der Waals surface area contributed by atoms with Crippen LogP contribution in [0.1, 0.15) is 0 Å². The minimum atomic E-state index is -0.457. The molecule has 0 bridgehead atoms. The fraction of sp³-hybridized carbons (Fsp3) is 0.333. The van der Waals surface area contributed by atoms with Crippen LogP contribution in [-0.2, 0) is 0 Å². The molecule has 66 valence electrons. The second-order valence-corrected chi connectivity index (χ2v) is 1.89. The lowest BCUT2D eigenvalue weighted by atomic mass is 10.5. The Bertz CT molecular complexity index is 266. The zero-order valence-corrected chi connectivity index (χ0v) is 6.61. The molecule has 0 atom stereocenters. The highest BCUT2D eigenvalue weighted by Crippen LogP contribution is 2.32. The minimum Gasteiger partial charge on any atom is -0.490 e. The molecule has 0 aliphatic rings. The van der Waals surface area contributed by atoms with Crippen LogP contribution in [-0.4, -0.2) is 34.4 Å². The number of aromatic nitrogens is 2. The zero-order chi connectivity index (χ0) is 9.14. The van der Waals surface area contributed by atoms with Gasteiger partial charge in [-0.2, -0.15) is 9.97 Å². The molecule has 0 saturated heterocycles. The van der Waals surface area contributed by atoms with Gasteiger partial charge in [0.05, 0.1) is 14.2 Å². The summed E-state index contributed by atoms with van der Waals surface area (Å²) in [6.07, 6.45) is 0. The van der Waals surface area contributed by atoms with Gasteiger partial charge in [-0.05, 0) is 0 Å². The van der Waals surface area contributed by atoms with E-state index < -0.39 is 11.8 Å². The van der Waals surface area contributed by atoms with Crippen molar-refractivity contribution in [1.82, 2.24) is 9.97 Å². The summed E-state index contributed by atoms with van der Waals surface area (Å²) < 4.78 is 9.17. The van der Waals surface area contributed by atoms with Crippen molar-refractivity contribution in [3.05, 3.63) is 0 Å². The van der Waals surface area contributed by atoms with Crippen molar-refractivity contribution < 1.29 is 19.7 Å². The van der Waals surface area contributed by atoms with Crippen molar-refractivity contribution in [2.75, 3.05) is 14.2 Å². The third kappa shape index (κ3) is 1.31. The van der Waals surface area contributed by atoms with Crippen LogP contribution in [0.25, 0.3) is 0 Å². The molecule has 0 aliphatic carbocycles. The van der Waals surface area contributed by atoms with E-state index in [9.17, 15) is 0 Å². The predicted molar refractivity (Wildman–Crippen MR) is 38.5 cm³/mol. The second kappa shape index (κ2) is 3.12. The number of nitrogens with zero attached hydrogens (tertiary/aromatic N) is 2. The minimum absolute atomic E-state index is 0.120. The molecule has 1 heterocycles. The maximum absolute atomic E-state index is 9.09. The maximum Gasteiger partial charge on any atom is 0.323 e. The van der Waals surface area contributed by atoms with E-state index in [1.165, 1.54) is 14.2 Å². The first-order valence-corrected chi connectivity index (χ1v) is 3.07. The van der Waals surface area contributed by atoms with E-state index in [1.807, 2.05) is 0 Å². The molecular formula is C6H8N2O4. The number of aromatic hydroxyl groups is 2. The Morgan fingerprint density at radius 1 is 1.00 bits per heavy atom.